The molecule has 0 radical (unpaired) electrons. The van der Waals surface area contributed by atoms with Crippen LogP contribution in [0.3, 0.4) is 0 Å². The predicted molar refractivity (Wildman–Crippen MR) is 52.7 cm³/mol. The SMILES string of the molecule is COC1CCCCCCCCC1=O. The van der Waals surface area contributed by atoms with E-state index in [2.05, 4.69) is 0 Å². The first-order valence-electron chi connectivity index (χ1n) is 5.40. The molecule has 2 heteroatoms. The largest absolute Gasteiger partial charge is 0.374 e. The summed E-state index contributed by atoms with van der Waals surface area (Å²) in [6, 6.07) is 0. The molecule has 0 saturated heterocycles. The molecule has 2 nitrogen and oxygen atoms in total. The highest BCUT2D eigenvalue weighted by Gasteiger charge is 2.17. The summed E-state index contributed by atoms with van der Waals surface area (Å²) in [5.74, 6) is 0.310. The van der Waals surface area contributed by atoms with Crippen molar-refractivity contribution in [2.45, 2.75) is 57.5 Å². The van der Waals surface area contributed by atoms with Crippen molar-refractivity contribution >= 4 is 5.78 Å². The molecule has 0 N–H and O–H groups in total. The van der Waals surface area contributed by atoms with Gasteiger partial charge < -0.3 is 4.74 Å². The van der Waals surface area contributed by atoms with Gasteiger partial charge in [-0.1, -0.05) is 32.1 Å². The van der Waals surface area contributed by atoms with E-state index < -0.39 is 0 Å². The lowest BCUT2D eigenvalue weighted by Gasteiger charge is -2.15. The summed E-state index contributed by atoms with van der Waals surface area (Å²) in [6.45, 7) is 0. The van der Waals surface area contributed by atoms with Crippen molar-refractivity contribution in [2.75, 3.05) is 7.11 Å². The molecule has 1 saturated carbocycles. The number of rotatable bonds is 1. The molecule has 0 aromatic carbocycles. The molecule has 1 rings (SSSR count). The average molecular weight is 184 g/mol. The molecule has 0 heterocycles. The van der Waals surface area contributed by atoms with E-state index in [4.69, 9.17) is 4.74 Å². The highest BCUT2D eigenvalue weighted by atomic mass is 16.5. The predicted octanol–water partition coefficient (Wildman–Crippen LogP) is 2.70. The standard InChI is InChI=1S/C11H20O2/c1-13-11-9-7-5-3-2-4-6-8-10(11)12/h11H,2-9H2,1H3. The second kappa shape index (κ2) is 6.14. The van der Waals surface area contributed by atoms with Gasteiger partial charge >= 0.3 is 0 Å². The number of hydrogen-bond donors (Lipinski definition) is 0. The number of hydrogen-bond acceptors (Lipinski definition) is 2. The molecule has 0 aromatic heterocycles. The van der Waals surface area contributed by atoms with Gasteiger partial charge in [0.1, 0.15) is 6.10 Å². The van der Waals surface area contributed by atoms with Crippen molar-refractivity contribution in [3.05, 3.63) is 0 Å². The lowest BCUT2D eigenvalue weighted by Crippen LogP contribution is -2.23. The van der Waals surface area contributed by atoms with E-state index in [1.54, 1.807) is 7.11 Å². The molecule has 1 unspecified atom stereocenters. The van der Waals surface area contributed by atoms with Crippen molar-refractivity contribution in [3.8, 4) is 0 Å². The first-order valence-corrected chi connectivity index (χ1v) is 5.40. The normalized spacial score (nSPS) is 27.2. The van der Waals surface area contributed by atoms with E-state index in [0.29, 0.717) is 5.78 Å². The highest BCUT2D eigenvalue weighted by molar-refractivity contribution is 5.82. The summed E-state index contributed by atoms with van der Waals surface area (Å²) in [5.41, 5.74) is 0. The van der Waals surface area contributed by atoms with Crippen LogP contribution in [0.2, 0.25) is 0 Å². The van der Waals surface area contributed by atoms with Crippen LogP contribution < -0.4 is 0 Å². The van der Waals surface area contributed by atoms with Crippen molar-refractivity contribution < 1.29 is 9.53 Å². The minimum atomic E-state index is -0.113. The number of Topliss-reactive ketones (excluding diaryl/α,β-unsaturated/α-hetero) is 1. The third-order valence-corrected chi connectivity index (χ3v) is 2.78. The minimum absolute atomic E-state index is 0.113. The molecule has 0 bridgehead atoms. The molecular formula is C11H20O2. The number of carbonyl (C=O) groups is 1. The Morgan fingerprint density at radius 3 is 2.38 bits per heavy atom. The van der Waals surface area contributed by atoms with Gasteiger partial charge in [-0.3, -0.25) is 4.79 Å². The number of ketones is 1. The molecule has 0 aliphatic heterocycles. The number of ether oxygens (including phenoxy) is 1. The van der Waals surface area contributed by atoms with Crippen LogP contribution >= 0.6 is 0 Å². The molecule has 76 valence electrons. The molecule has 0 spiro atoms. The van der Waals surface area contributed by atoms with E-state index in [9.17, 15) is 4.79 Å². The number of methoxy groups -OCH3 is 1. The maximum absolute atomic E-state index is 11.5. The second-order valence-corrected chi connectivity index (χ2v) is 3.85. The zero-order valence-electron chi connectivity index (χ0n) is 8.55. The van der Waals surface area contributed by atoms with Crippen LogP contribution in [0.4, 0.5) is 0 Å². The van der Waals surface area contributed by atoms with E-state index in [0.717, 1.165) is 25.7 Å². The fourth-order valence-corrected chi connectivity index (χ4v) is 1.91. The summed E-state index contributed by atoms with van der Waals surface area (Å²) < 4.78 is 5.19. The molecule has 1 fully saturated rings. The van der Waals surface area contributed by atoms with Crippen LogP contribution in [0.25, 0.3) is 0 Å². The third kappa shape index (κ3) is 3.90. The Labute approximate surface area is 80.7 Å². The van der Waals surface area contributed by atoms with E-state index in [-0.39, 0.29) is 6.10 Å². The Kier molecular flexibility index (Phi) is 5.06. The maximum Gasteiger partial charge on any atom is 0.161 e. The first-order chi connectivity index (χ1) is 6.34. The molecule has 0 amide bonds. The van der Waals surface area contributed by atoms with Crippen molar-refractivity contribution in [2.24, 2.45) is 0 Å². The number of carbonyl (C=O) groups excluding carboxylic acids is 1. The molecule has 0 aromatic rings. The van der Waals surface area contributed by atoms with E-state index in [1.807, 2.05) is 0 Å². The van der Waals surface area contributed by atoms with Crippen LogP contribution in [0.15, 0.2) is 0 Å². The quantitative estimate of drug-likeness (QED) is 0.626. The molecule has 1 aliphatic carbocycles. The Balaban J connectivity index is 2.37. The molecule has 13 heavy (non-hydrogen) atoms. The van der Waals surface area contributed by atoms with Crippen molar-refractivity contribution in [1.29, 1.82) is 0 Å². The summed E-state index contributed by atoms with van der Waals surface area (Å²) in [5, 5.41) is 0. The van der Waals surface area contributed by atoms with Crippen LogP contribution in [0.1, 0.15) is 51.4 Å². The van der Waals surface area contributed by atoms with Gasteiger partial charge in [0, 0.05) is 13.5 Å². The summed E-state index contributed by atoms with van der Waals surface area (Å²) >= 11 is 0. The van der Waals surface area contributed by atoms with Gasteiger partial charge in [-0.15, -0.1) is 0 Å². The van der Waals surface area contributed by atoms with Crippen molar-refractivity contribution in [1.82, 2.24) is 0 Å². The van der Waals surface area contributed by atoms with Gasteiger partial charge in [0.25, 0.3) is 0 Å². The maximum atomic E-state index is 11.5. The summed E-state index contributed by atoms with van der Waals surface area (Å²) in [7, 11) is 1.65. The van der Waals surface area contributed by atoms with Gasteiger partial charge in [0.05, 0.1) is 0 Å². The molecule has 1 aliphatic rings. The smallest absolute Gasteiger partial charge is 0.161 e. The molecular weight excluding hydrogens is 164 g/mol. The van der Waals surface area contributed by atoms with Crippen LogP contribution in [0, 0.1) is 0 Å². The summed E-state index contributed by atoms with van der Waals surface area (Å²) in [4.78, 5) is 11.5. The Morgan fingerprint density at radius 2 is 1.69 bits per heavy atom. The van der Waals surface area contributed by atoms with Gasteiger partial charge in [-0.05, 0) is 12.8 Å². The topological polar surface area (TPSA) is 26.3 Å². The first kappa shape index (κ1) is 10.7. The summed E-state index contributed by atoms with van der Waals surface area (Å²) in [6.07, 6.45) is 8.82. The van der Waals surface area contributed by atoms with Crippen molar-refractivity contribution in [3.63, 3.8) is 0 Å². The van der Waals surface area contributed by atoms with Gasteiger partial charge in [-0.2, -0.15) is 0 Å². The third-order valence-electron chi connectivity index (χ3n) is 2.78. The lowest BCUT2D eigenvalue weighted by molar-refractivity contribution is -0.129. The zero-order chi connectivity index (χ0) is 9.52. The van der Waals surface area contributed by atoms with Crippen LogP contribution in [-0.2, 0) is 9.53 Å². The fourth-order valence-electron chi connectivity index (χ4n) is 1.91. The lowest BCUT2D eigenvalue weighted by atomic mass is 9.98. The Hall–Kier alpha value is -0.370. The second-order valence-electron chi connectivity index (χ2n) is 3.85. The minimum Gasteiger partial charge on any atom is -0.374 e. The Bertz CT molecular complexity index is 154. The highest BCUT2D eigenvalue weighted by Crippen LogP contribution is 2.16. The average Bonchev–Trinajstić information content (AvgIpc) is 2.16. The van der Waals surface area contributed by atoms with Gasteiger partial charge in [0.15, 0.2) is 5.78 Å². The fraction of sp³-hybridized carbons (Fsp3) is 0.909. The van der Waals surface area contributed by atoms with Gasteiger partial charge in [-0.25, -0.2) is 0 Å². The van der Waals surface area contributed by atoms with E-state index >= 15 is 0 Å². The van der Waals surface area contributed by atoms with Gasteiger partial charge in [0.2, 0.25) is 0 Å². The molecule has 1 atom stereocenters. The van der Waals surface area contributed by atoms with Crippen LogP contribution in [0.5, 0.6) is 0 Å². The van der Waals surface area contributed by atoms with Crippen LogP contribution in [-0.4, -0.2) is 19.0 Å². The Morgan fingerprint density at radius 1 is 1.08 bits per heavy atom. The zero-order valence-corrected chi connectivity index (χ0v) is 8.55. The monoisotopic (exact) mass is 184 g/mol. The van der Waals surface area contributed by atoms with E-state index in [1.165, 1.54) is 25.7 Å².